The van der Waals surface area contributed by atoms with Crippen molar-refractivity contribution in [3.63, 3.8) is 0 Å². The Morgan fingerprint density at radius 3 is 2.54 bits per heavy atom. The Morgan fingerprint density at radius 2 is 1.83 bits per heavy atom. The number of rotatable bonds is 12. The van der Waals surface area contributed by atoms with E-state index in [0.29, 0.717) is 28.6 Å². The summed E-state index contributed by atoms with van der Waals surface area (Å²) in [7, 11) is 0. The Kier molecular flexibility index (Phi) is 10.6. The minimum atomic E-state index is -1.03. The number of carboxylic acid groups (broad SMARTS) is 1. The van der Waals surface area contributed by atoms with E-state index in [0.717, 1.165) is 34.6 Å². The van der Waals surface area contributed by atoms with Gasteiger partial charge in [0.1, 0.15) is 5.00 Å². The van der Waals surface area contributed by atoms with Crippen molar-refractivity contribution in [3.05, 3.63) is 76.2 Å². The summed E-state index contributed by atoms with van der Waals surface area (Å²) >= 11 is 2.83. The number of thiophene rings is 1. The van der Waals surface area contributed by atoms with Crippen LogP contribution in [-0.2, 0) is 32.0 Å². The molecule has 2 atom stereocenters. The predicted molar refractivity (Wildman–Crippen MR) is 162 cm³/mol. The van der Waals surface area contributed by atoms with E-state index >= 15 is 0 Å². The summed E-state index contributed by atoms with van der Waals surface area (Å²) in [6.07, 6.45) is 2.65. The van der Waals surface area contributed by atoms with Crippen molar-refractivity contribution in [2.75, 3.05) is 17.2 Å². The lowest BCUT2D eigenvalue weighted by atomic mass is 9.83. The average Bonchev–Trinajstić information content (AvgIpc) is 3.32. The van der Waals surface area contributed by atoms with E-state index in [1.165, 1.54) is 28.7 Å². The third kappa shape index (κ3) is 7.98. The second-order valence-electron chi connectivity index (χ2n) is 9.75. The number of aliphatic carboxylic acids is 1. The number of hydrogen-bond acceptors (Lipinski definition) is 7. The number of fused-ring (bicyclic) bond motifs is 1. The van der Waals surface area contributed by atoms with Gasteiger partial charge in [0.2, 0.25) is 11.8 Å². The number of carbonyl (C=O) groups excluding carboxylic acids is 3. The van der Waals surface area contributed by atoms with Crippen LogP contribution in [0.3, 0.4) is 0 Å². The van der Waals surface area contributed by atoms with Crippen molar-refractivity contribution in [1.82, 2.24) is 0 Å². The first-order valence-electron chi connectivity index (χ1n) is 13.7. The van der Waals surface area contributed by atoms with E-state index < -0.39 is 17.2 Å². The molecule has 2 unspecified atom stereocenters. The van der Waals surface area contributed by atoms with E-state index in [1.54, 1.807) is 25.1 Å². The molecule has 1 aliphatic rings. The standard InChI is InChI=1S/C31H34N2O6S2/c1-3-24(40-22-12-8-11-21(18-22)32-26(34)15-16-27(35)36)29(37)33-30-28(31(38)39-4-2)23-14-13-20(17-25(23)41-30)19-9-6-5-7-10-19/h5-12,18,20,24H,3-4,13-17H2,1-2H3,(H,32,34)(H,33,37)(H,35,36). The highest BCUT2D eigenvalue weighted by atomic mass is 32.2. The van der Waals surface area contributed by atoms with Gasteiger partial charge in [0.15, 0.2) is 0 Å². The molecule has 216 valence electrons. The van der Waals surface area contributed by atoms with Crippen molar-refractivity contribution in [1.29, 1.82) is 0 Å². The zero-order chi connectivity index (χ0) is 29.4. The van der Waals surface area contributed by atoms with Crippen LogP contribution in [0.4, 0.5) is 10.7 Å². The molecule has 10 heteroatoms. The molecule has 4 rings (SSSR count). The lowest BCUT2D eigenvalue weighted by molar-refractivity contribution is -0.138. The molecule has 0 bridgehead atoms. The summed E-state index contributed by atoms with van der Waals surface area (Å²) in [5.41, 5.74) is 3.25. The Morgan fingerprint density at radius 1 is 1.05 bits per heavy atom. The lowest BCUT2D eigenvalue weighted by Crippen LogP contribution is -2.25. The van der Waals surface area contributed by atoms with Crippen LogP contribution in [0.2, 0.25) is 0 Å². The maximum Gasteiger partial charge on any atom is 0.341 e. The first kappa shape index (κ1) is 30.3. The van der Waals surface area contributed by atoms with E-state index in [2.05, 4.69) is 22.8 Å². The average molecular weight is 595 g/mol. The van der Waals surface area contributed by atoms with E-state index in [9.17, 15) is 19.2 Å². The molecule has 1 aliphatic carbocycles. The number of amides is 2. The van der Waals surface area contributed by atoms with Crippen LogP contribution in [0.25, 0.3) is 0 Å². The third-order valence-corrected chi connectivity index (χ3v) is 9.41. The molecule has 1 heterocycles. The van der Waals surface area contributed by atoms with Crippen molar-refractivity contribution in [2.45, 2.75) is 68.4 Å². The van der Waals surface area contributed by atoms with Crippen molar-refractivity contribution in [3.8, 4) is 0 Å². The third-order valence-electron chi connectivity index (χ3n) is 6.88. The Bertz CT molecular complexity index is 1400. The molecule has 41 heavy (non-hydrogen) atoms. The smallest absolute Gasteiger partial charge is 0.341 e. The van der Waals surface area contributed by atoms with Crippen molar-refractivity contribution in [2.24, 2.45) is 0 Å². The van der Waals surface area contributed by atoms with Gasteiger partial charge >= 0.3 is 11.9 Å². The highest BCUT2D eigenvalue weighted by Gasteiger charge is 2.32. The molecule has 0 radical (unpaired) electrons. The minimum absolute atomic E-state index is 0.119. The molecule has 0 saturated carbocycles. The Balaban J connectivity index is 1.49. The number of carboxylic acids is 1. The fourth-order valence-corrected chi connectivity index (χ4v) is 7.20. The lowest BCUT2D eigenvalue weighted by Gasteiger charge is -2.23. The van der Waals surface area contributed by atoms with E-state index in [1.807, 2.05) is 31.2 Å². The SMILES string of the molecule is CCOC(=O)c1c(NC(=O)C(CC)Sc2cccc(NC(=O)CCC(=O)O)c2)sc2c1CCC(c1ccccc1)C2. The van der Waals surface area contributed by atoms with Gasteiger partial charge in [-0.15, -0.1) is 23.1 Å². The van der Waals surface area contributed by atoms with Gasteiger partial charge in [-0.3, -0.25) is 14.4 Å². The fraction of sp³-hybridized carbons (Fsp3) is 0.355. The summed E-state index contributed by atoms with van der Waals surface area (Å²) in [6.45, 7) is 3.94. The molecule has 1 aromatic heterocycles. The molecule has 3 aromatic rings. The summed E-state index contributed by atoms with van der Waals surface area (Å²) < 4.78 is 5.39. The van der Waals surface area contributed by atoms with Crippen LogP contribution in [0.5, 0.6) is 0 Å². The predicted octanol–water partition coefficient (Wildman–Crippen LogP) is 6.51. The van der Waals surface area contributed by atoms with Gasteiger partial charge < -0.3 is 20.5 Å². The van der Waals surface area contributed by atoms with Crippen molar-refractivity contribution < 1.29 is 29.0 Å². The zero-order valence-corrected chi connectivity index (χ0v) is 24.7. The molecular weight excluding hydrogens is 560 g/mol. The van der Waals surface area contributed by atoms with Gasteiger partial charge in [-0.1, -0.05) is 43.3 Å². The van der Waals surface area contributed by atoms with Crippen molar-refractivity contribution >= 4 is 57.5 Å². The van der Waals surface area contributed by atoms with Crippen LogP contribution in [-0.4, -0.2) is 40.7 Å². The molecule has 0 fully saturated rings. The molecule has 3 N–H and O–H groups in total. The van der Waals surface area contributed by atoms with Gasteiger partial charge in [0.05, 0.1) is 23.8 Å². The molecule has 0 aliphatic heterocycles. The number of nitrogens with one attached hydrogen (secondary N) is 2. The second kappa shape index (κ2) is 14.3. The maximum absolute atomic E-state index is 13.5. The Labute approximate surface area is 247 Å². The number of anilines is 2. The van der Waals surface area contributed by atoms with Crippen LogP contribution >= 0.6 is 23.1 Å². The fourth-order valence-electron chi connectivity index (χ4n) is 4.87. The van der Waals surface area contributed by atoms with Gasteiger partial charge in [0.25, 0.3) is 0 Å². The van der Waals surface area contributed by atoms with Crippen LogP contribution in [0.15, 0.2) is 59.5 Å². The molecule has 8 nitrogen and oxygen atoms in total. The van der Waals surface area contributed by atoms with Crippen LogP contribution in [0, 0.1) is 0 Å². The van der Waals surface area contributed by atoms with Crippen LogP contribution < -0.4 is 10.6 Å². The number of carbonyl (C=O) groups is 4. The molecule has 2 amide bonds. The van der Waals surface area contributed by atoms with Gasteiger partial charge in [0, 0.05) is 21.9 Å². The number of ether oxygens (including phenoxy) is 1. The highest BCUT2D eigenvalue weighted by molar-refractivity contribution is 8.00. The Hall–Kier alpha value is -3.63. The molecular formula is C31H34N2O6S2. The number of thioether (sulfide) groups is 1. The first-order valence-corrected chi connectivity index (χ1v) is 15.4. The topological polar surface area (TPSA) is 122 Å². The van der Waals surface area contributed by atoms with Gasteiger partial charge in [-0.05, 0) is 67.9 Å². The van der Waals surface area contributed by atoms with Gasteiger partial charge in [-0.25, -0.2) is 4.79 Å². The largest absolute Gasteiger partial charge is 0.481 e. The summed E-state index contributed by atoms with van der Waals surface area (Å²) in [5, 5.41) is 14.6. The van der Waals surface area contributed by atoms with Crippen LogP contribution in [0.1, 0.15) is 71.8 Å². The zero-order valence-electron chi connectivity index (χ0n) is 23.1. The second-order valence-corrected chi connectivity index (χ2v) is 12.1. The first-order chi connectivity index (χ1) is 19.8. The summed E-state index contributed by atoms with van der Waals surface area (Å²) in [4.78, 5) is 51.2. The number of esters is 1. The van der Waals surface area contributed by atoms with Gasteiger partial charge in [-0.2, -0.15) is 0 Å². The summed E-state index contributed by atoms with van der Waals surface area (Å²) in [6, 6.07) is 17.5. The molecule has 0 saturated heterocycles. The monoisotopic (exact) mass is 594 g/mol. The maximum atomic E-state index is 13.5. The normalized spacial score (nSPS) is 14.9. The summed E-state index contributed by atoms with van der Waals surface area (Å²) in [5.74, 6) is -1.68. The number of hydrogen-bond donors (Lipinski definition) is 3. The quantitative estimate of drug-likeness (QED) is 0.161. The minimum Gasteiger partial charge on any atom is -0.481 e. The highest BCUT2D eigenvalue weighted by Crippen LogP contribution is 2.43. The molecule has 2 aromatic carbocycles. The van der Waals surface area contributed by atoms with E-state index in [-0.39, 0.29) is 31.3 Å². The van der Waals surface area contributed by atoms with E-state index in [4.69, 9.17) is 9.84 Å². The number of benzene rings is 2. The molecule has 0 spiro atoms.